The van der Waals surface area contributed by atoms with Crippen LogP contribution in [0.2, 0.25) is 0 Å². The van der Waals surface area contributed by atoms with Crippen LogP contribution in [0.4, 0.5) is 0 Å². The lowest BCUT2D eigenvalue weighted by atomic mass is 10.1. The van der Waals surface area contributed by atoms with Gasteiger partial charge in [0.1, 0.15) is 5.75 Å². The Balaban J connectivity index is 1.95. The molecule has 0 radical (unpaired) electrons. The highest BCUT2D eigenvalue weighted by molar-refractivity contribution is 5.34. The molecule has 0 fully saturated rings. The second kappa shape index (κ2) is 5.69. The molecule has 0 aliphatic rings. The molecule has 0 saturated carbocycles. The van der Waals surface area contributed by atoms with Crippen LogP contribution >= 0.6 is 0 Å². The van der Waals surface area contributed by atoms with Gasteiger partial charge in [0.2, 0.25) is 0 Å². The number of hydrogen-bond acceptors (Lipinski definition) is 3. The molecule has 2 N–H and O–H groups in total. The quantitative estimate of drug-likeness (QED) is 0.850. The average molecular weight is 245 g/mol. The smallest absolute Gasteiger partial charge is 0.120 e. The molecule has 2 rings (SSSR count). The number of benzene rings is 1. The van der Waals surface area contributed by atoms with Crippen LogP contribution in [0.1, 0.15) is 25.5 Å². The SMILES string of the molecule is CC(Cn1cccn1)NC(C)c1ccccc1O. The van der Waals surface area contributed by atoms with E-state index < -0.39 is 0 Å². The van der Waals surface area contributed by atoms with Crippen molar-refractivity contribution in [2.24, 2.45) is 0 Å². The number of phenols is 1. The van der Waals surface area contributed by atoms with Gasteiger partial charge in [-0.1, -0.05) is 18.2 Å². The van der Waals surface area contributed by atoms with Crippen LogP contribution in [0.25, 0.3) is 0 Å². The Morgan fingerprint density at radius 3 is 2.72 bits per heavy atom. The van der Waals surface area contributed by atoms with Gasteiger partial charge in [-0.2, -0.15) is 5.10 Å². The van der Waals surface area contributed by atoms with Gasteiger partial charge in [-0.25, -0.2) is 0 Å². The molecule has 2 aromatic rings. The first-order valence-electron chi connectivity index (χ1n) is 6.18. The predicted molar refractivity (Wildman–Crippen MR) is 71.3 cm³/mol. The zero-order valence-electron chi connectivity index (χ0n) is 10.7. The molecule has 0 aliphatic heterocycles. The van der Waals surface area contributed by atoms with E-state index >= 15 is 0 Å². The molecule has 1 aromatic carbocycles. The van der Waals surface area contributed by atoms with E-state index in [0.29, 0.717) is 5.75 Å². The Hall–Kier alpha value is -1.81. The number of aromatic nitrogens is 2. The fourth-order valence-electron chi connectivity index (χ4n) is 2.11. The van der Waals surface area contributed by atoms with Gasteiger partial charge >= 0.3 is 0 Å². The molecule has 0 bridgehead atoms. The summed E-state index contributed by atoms with van der Waals surface area (Å²) in [4.78, 5) is 0. The van der Waals surface area contributed by atoms with E-state index in [4.69, 9.17) is 0 Å². The molecule has 0 aliphatic carbocycles. The molecule has 2 atom stereocenters. The zero-order valence-corrected chi connectivity index (χ0v) is 10.7. The Morgan fingerprint density at radius 1 is 1.28 bits per heavy atom. The number of phenolic OH excluding ortho intramolecular Hbond substituents is 1. The maximum Gasteiger partial charge on any atom is 0.120 e. The maximum atomic E-state index is 9.79. The highest BCUT2D eigenvalue weighted by Gasteiger charge is 2.12. The van der Waals surface area contributed by atoms with E-state index in [1.54, 1.807) is 12.3 Å². The molecular weight excluding hydrogens is 226 g/mol. The van der Waals surface area contributed by atoms with Crippen LogP contribution < -0.4 is 5.32 Å². The summed E-state index contributed by atoms with van der Waals surface area (Å²) < 4.78 is 1.90. The molecule has 0 amide bonds. The Labute approximate surface area is 107 Å². The normalized spacial score (nSPS) is 14.3. The number of hydrogen-bond donors (Lipinski definition) is 2. The van der Waals surface area contributed by atoms with E-state index in [0.717, 1.165) is 12.1 Å². The van der Waals surface area contributed by atoms with Crippen LogP contribution in [0, 0.1) is 0 Å². The van der Waals surface area contributed by atoms with Crippen molar-refractivity contribution in [3.05, 3.63) is 48.3 Å². The van der Waals surface area contributed by atoms with Crippen molar-refractivity contribution in [2.75, 3.05) is 0 Å². The largest absolute Gasteiger partial charge is 0.508 e. The van der Waals surface area contributed by atoms with Gasteiger partial charge in [-0.15, -0.1) is 0 Å². The monoisotopic (exact) mass is 245 g/mol. The minimum Gasteiger partial charge on any atom is -0.508 e. The maximum absolute atomic E-state index is 9.79. The number of nitrogens with zero attached hydrogens (tertiary/aromatic N) is 2. The van der Waals surface area contributed by atoms with Crippen LogP contribution in [-0.2, 0) is 6.54 Å². The predicted octanol–water partition coefficient (Wildman–Crippen LogP) is 2.33. The van der Waals surface area contributed by atoms with Crippen molar-refractivity contribution in [1.29, 1.82) is 0 Å². The molecule has 0 saturated heterocycles. The van der Waals surface area contributed by atoms with Crippen molar-refractivity contribution in [2.45, 2.75) is 32.5 Å². The highest BCUT2D eigenvalue weighted by atomic mass is 16.3. The first-order valence-corrected chi connectivity index (χ1v) is 6.18. The molecule has 1 heterocycles. The molecule has 4 heteroatoms. The fourth-order valence-corrected chi connectivity index (χ4v) is 2.11. The molecule has 2 unspecified atom stereocenters. The van der Waals surface area contributed by atoms with Gasteiger partial charge in [0.05, 0.1) is 6.54 Å². The topological polar surface area (TPSA) is 50.1 Å². The van der Waals surface area contributed by atoms with Gasteiger partial charge in [-0.3, -0.25) is 4.68 Å². The van der Waals surface area contributed by atoms with Crippen molar-refractivity contribution < 1.29 is 5.11 Å². The van der Waals surface area contributed by atoms with Crippen molar-refractivity contribution in [1.82, 2.24) is 15.1 Å². The Morgan fingerprint density at radius 2 is 2.06 bits per heavy atom. The number of rotatable bonds is 5. The van der Waals surface area contributed by atoms with Crippen molar-refractivity contribution >= 4 is 0 Å². The third-order valence-electron chi connectivity index (χ3n) is 2.96. The minimum absolute atomic E-state index is 0.108. The summed E-state index contributed by atoms with van der Waals surface area (Å²) in [5, 5.41) is 17.4. The molecule has 4 nitrogen and oxygen atoms in total. The van der Waals surface area contributed by atoms with Crippen LogP contribution in [0.5, 0.6) is 5.75 Å². The van der Waals surface area contributed by atoms with E-state index in [2.05, 4.69) is 24.3 Å². The minimum atomic E-state index is 0.108. The summed E-state index contributed by atoms with van der Waals surface area (Å²) >= 11 is 0. The number of nitrogens with one attached hydrogen (secondary N) is 1. The van der Waals surface area contributed by atoms with E-state index in [1.165, 1.54) is 0 Å². The Kier molecular flexibility index (Phi) is 3.99. The van der Waals surface area contributed by atoms with Crippen molar-refractivity contribution in [3.63, 3.8) is 0 Å². The average Bonchev–Trinajstić information content (AvgIpc) is 2.82. The standard InChI is InChI=1S/C14H19N3O/c1-11(10-17-9-5-8-15-17)16-12(2)13-6-3-4-7-14(13)18/h3-9,11-12,16,18H,10H2,1-2H3. The Bertz CT molecular complexity index is 482. The van der Waals surface area contributed by atoms with Gasteiger partial charge in [0, 0.05) is 30.0 Å². The summed E-state index contributed by atoms with van der Waals surface area (Å²) in [5.41, 5.74) is 0.921. The summed E-state index contributed by atoms with van der Waals surface area (Å²) in [6.07, 6.45) is 3.72. The van der Waals surface area contributed by atoms with Gasteiger partial charge in [0.25, 0.3) is 0 Å². The molecular formula is C14H19N3O. The lowest BCUT2D eigenvalue weighted by Crippen LogP contribution is -2.32. The number of para-hydroxylation sites is 1. The van der Waals surface area contributed by atoms with E-state index in [-0.39, 0.29) is 12.1 Å². The summed E-state index contributed by atoms with van der Waals surface area (Å²) in [6, 6.07) is 9.72. The second-order valence-electron chi connectivity index (χ2n) is 4.58. The summed E-state index contributed by atoms with van der Waals surface area (Å²) in [7, 11) is 0. The lowest BCUT2D eigenvalue weighted by Gasteiger charge is -2.21. The second-order valence-corrected chi connectivity index (χ2v) is 4.58. The lowest BCUT2D eigenvalue weighted by molar-refractivity contribution is 0.399. The van der Waals surface area contributed by atoms with E-state index in [9.17, 15) is 5.11 Å². The highest BCUT2D eigenvalue weighted by Crippen LogP contribution is 2.23. The van der Waals surface area contributed by atoms with Crippen LogP contribution in [-0.4, -0.2) is 20.9 Å². The van der Waals surface area contributed by atoms with E-state index in [1.807, 2.05) is 35.1 Å². The summed E-state index contributed by atoms with van der Waals surface area (Å²) in [6.45, 7) is 4.97. The third kappa shape index (κ3) is 3.11. The first-order chi connectivity index (χ1) is 8.66. The molecule has 0 spiro atoms. The summed E-state index contributed by atoms with van der Waals surface area (Å²) in [5.74, 6) is 0.337. The van der Waals surface area contributed by atoms with Gasteiger partial charge in [0.15, 0.2) is 0 Å². The molecule has 1 aromatic heterocycles. The molecule has 18 heavy (non-hydrogen) atoms. The van der Waals surface area contributed by atoms with Gasteiger partial charge in [-0.05, 0) is 26.0 Å². The van der Waals surface area contributed by atoms with Crippen molar-refractivity contribution in [3.8, 4) is 5.75 Å². The van der Waals surface area contributed by atoms with Crippen LogP contribution in [0.15, 0.2) is 42.7 Å². The first kappa shape index (κ1) is 12.6. The van der Waals surface area contributed by atoms with Gasteiger partial charge < -0.3 is 10.4 Å². The number of aromatic hydroxyl groups is 1. The molecule has 96 valence electrons. The zero-order chi connectivity index (χ0) is 13.0. The fraction of sp³-hybridized carbons (Fsp3) is 0.357. The third-order valence-corrected chi connectivity index (χ3v) is 2.96. The van der Waals surface area contributed by atoms with Crippen LogP contribution in [0.3, 0.4) is 0 Å².